The van der Waals surface area contributed by atoms with Gasteiger partial charge in [-0.2, -0.15) is 0 Å². The molecule has 5 heteroatoms. The maximum Gasteiger partial charge on any atom is 0.164 e. The molecule has 0 saturated heterocycles. The summed E-state index contributed by atoms with van der Waals surface area (Å²) in [4.78, 5) is 14.9. The van der Waals surface area contributed by atoms with Crippen molar-refractivity contribution < 1.29 is 0 Å². The summed E-state index contributed by atoms with van der Waals surface area (Å²) in [5.74, 6) is 1.97. The van der Waals surface area contributed by atoms with Gasteiger partial charge in [-0.15, -0.1) is 0 Å². The summed E-state index contributed by atoms with van der Waals surface area (Å²) in [6.45, 7) is 2.15. The molecule has 0 aliphatic carbocycles. The number of aromatic nitrogens is 5. The minimum absolute atomic E-state index is 0.656. The third-order valence-electron chi connectivity index (χ3n) is 9.89. The van der Waals surface area contributed by atoms with Crippen molar-refractivity contribution in [1.29, 1.82) is 0 Å². The molecule has 0 fully saturated rings. The Morgan fingerprint density at radius 1 is 0.353 bits per heavy atom. The van der Waals surface area contributed by atoms with Crippen LogP contribution in [0.15, 0.2) is 170 Å². The first-order valence-electron chi connectivity index (χ1n) is 17.2. The second-order valence-corrected chi connectivity index (χ2v) is 13.0. The number of para-hydroxylation sites is 3. The molecule has 7 aromatic carbocycles. The van der Waals surface area contributed by atoms with Crippen LogP contribution in [0.3, 0.4) is 0 Å². The van der Waals surface area contributed by atoms with E-state index in [-0.39, 0.29) is 0 Å². The largest absolute Gasteiger partial charge is 0.309 e. The van der Waals surface area contributed by atoms with Crippen LogP contribution >= 0.6 is 0 Å². The molecule has 0 bridgehead atoms. The summed E-state index contributed by atoms with van der Waals surface area (Å²) >= 11 is 0. The van der Waals surface area contributed by atoms with Gasteiger partial charge in [-0.3, -0.25) is 0 Å². The van der Waals surface area contributed by atoms with Gasteiger partial charge in [-0.25, -0.2) is 15.0 Å². The first-order valence-corrected chi connectivity index (χ1v) is 17.2. The fourth-order valence-corrected chi connectivity index (χ4v) is 7.53. The first-order chi connectivity index (χ1) is 25.2. The molecule has 0 spiro atoms. The predicted molar refractivity (Wildman–Crippen MR) is 210 cm³/mol. The summed E-state index contributed by atoms with van der Waals surface area (Å²) in [6, 6.07) is 59.7. The van der Waals surface area contributed by atoms with Crippen molar-refractivity contribution in [2.24, 2.45) is 0 Å². The summed E-state index contributed by atoms with van der Waals surface area (Å²) in [5, 5.41) is 4.90. The Bertz CT molecular complexity index is 2850. The average Bonchev–Trinajstić information content (AvgIpc) is 3.70. The molecule has 240 valence electrons. The van der Waals surface area contributed by atoms with Crippen LogP contribution in [0.5, 0.6) is 0 Å². The highest BCUT2D eigenvalue weighted by Gasteiger charge is 2.19. The topological polar surface area (TPSA) is 48.5 Å². The van der Waals surface area contributed by atoms with Gasteiger partial charge in [-0.1, -0.05) is 115 Å². The van der Waals surface area contributed by atoms with Gasteiger partial charge in [0.05, 0.1) is 22.1 Å². The van der Waals surface area contributed by atoms with Crippen molar-refractivity contribution in [3.63, 3.8) is 0 Å². The van der Waals surface area contributed by atoms with Gasteiger partial charge < -0.3 is 9.13 Å². The van der Waals surface area contributed by atoms with Gasteiger partial charge in [-0.05, 0) is 67.1 Å². The summed E-state index contributed by atoms with van der Waals surface area (Å²) in [5.41, 5.74) is 11.0. The molecule has 3 aromatic heterocycles. The first kappa shape index (κ1) is 29.1. The molecule has 0 unspecified atom stereocenters. The minimum Gasteiger partial charge on any atom is -0.309 e. The fourth-order valence-electron chi connectivity index (χ4n) is 7.53. The van der Waals surface area contributed by atoms with Crippen molar-refractivity contribution in [2.45, 2.75) is 6.92 Å². The molecule has 5 nitrogen and oxygen atoms in total. The van der Waals surface area contributed by atoms with Crippen LogP contribution in [0, 0.1) is 6.92 Å². The zero-order chi connectivity index (χ0) is 33.9. The maximum absolute atomic E-state index is 5.01. The zero-order valence-electron chi connectivity index (χ0n) is 27.9. The summed E-state index contributed by atoms with van der Waals surface area (Å²) in [7, 11) is 0. The fraction of sp³-hybridized carbons (Fsp3) is 0.0217. The van der Waals surface area contributed by atoms with E-state index in [0.29, 0.717) is 17.5 Å². The van der Waals surface area contributed by atoms with E-state index < -0.39 is 0 Å². The molecule has 0 atom stereocenters. The van der Waals surface area contributed by atoms with Crippen molar-refractivity contribution >= 4 is 43.6 Å². The lowest BCUT2D eigenvalue weighted by Crippen LogP contribution is -2.02. The number of aryl methyl sites for hydroxylation is 1. The van der Waals surface area contributed by atoms with Crippen LogP contribution in [-0.4, -0.2) is 24.1 Å². The normalized spacial score (nSPS) is 11.6. The van der Waals surface area contributed by atoms with E-state index in [1.165, 1.54) is 43.6 Å². The van der Waals surface area contributed by atoms with Crippen LogP contribution < -0.4 is 0 Å². The van der Waals surface area contributed by atoms with Gasteiger partial charge >= 0.3 is 0 Å². The van der Waals surface area contributed by atoms with E-state index >= 15 is 0 Å². The van der Waals surface area contributed by atoms with E-state index in [1.807, 2.05) is 60.7 Å². The van der Waals surface area contributed by atoms with Gasteiger partial charge in [0.1, 0.15) is 0 Å². The quantitative estimate of drug-likeness (QED) is 0.186. The Balaban J connectivity index is 1.18. The summed E-state index contributed by atoms with van der Waals surface area (Å²) < 4.78 is 4.78. The number of hydrogen-bond acceptors (Lipinski definition) is 3. The van der Waals surface area contributed by atoms with Gasteiger partial charge in [0.2, 0.25) is 0 Å². The molecule has 51 heavy (non-hydrogen) atoms. The lowest BCUT2D eigenvalue weighted by molar-refractivity contribution is 1.07. The molecular weight excluding hydrogens is 623 g/mol. The van der Waals surface area contributed by atoms with E-state index in [0.717, 1.165) is 33.6 Å². The third-order valence-corrected chi connectivity index (χ3v) is 9.89. The van der Waals surface area contributed by atoms with Crippen LogP contribution in [-0.2, 0) is 0 Å². The van der Waals surface area contributed by atoms with Crippen LogP contribution in [0.1, 0.15) is 5.56 Å². The van der Waals surface area contributed by atoms with Crippen molar-refractivity contribution in [3.05, 3.63) is 175 Å². The molecule has 0 amide bonds. The van der Waals surface area contributed by atoms with Crippen molar-refractivity contribution in [3.8, 4) is 45.5 Å². The highest BCUT2D eigenvalue weighted by molar-refractivity contribution is 6.19. The Hall–Kier alpha value is -6.85. The smallest absolute Gasteiger partial charge is 0.164 e. The predicted octanol–water partition coefficient (Wildman–Crippen LogP) is 11.4. The molecule has 10 aromatic rings. The number of rotatable bonds is 5. The molecule has 0 saturated carbocycles. The van der Waals surface area contributed by atoms with Crippen LogP contribution in [0.2, 0.25) is 0 Å². The summed E-state index contributed by atoms with van der Waals surface area (Å²) in [6.07, 6.45) is 0. The molecule has 0 N–H and O–H groups in total. The van der Waals surface area contributed by atoms with Gasteiger partial charge in [0.15, 0.2) is 17.5 Å². The molecular formula is C46H31N5. The highest BCUT2D eigenvalue weighted by atomic mass is 15.0. The molecule has 0 aliphatic heterocycles. The maximum atomic E-state index is 5.01. The number of nitrogens with zero attached hydrogens (tertiary/aromatic N) is 5. The van der Waals surface area contributed by atoms with E-state index in [2.05, 4.69) is 125 Å². The van der Waals surface area contributed by atoms with Crippen LogP contribution in [0.4, 0.5) is 0 Å². The molecule has 3 heterocycles. The Kier molecular flexibility index (Phi) is 6.64. The molecule has 0 radical (unpaired) electrons. The Morgan fingerprint density at radius 3 is 1.33 bits per heavy atom. The van der Waals surface area contributed by atoms with Crippen molar-refractivity contribution in [2.75, 3.05) is 0 Å². The third kappa shape index (κ3) is 4.74. The van der Waals surface area contributed by atoms with Crippen LogP contribution in [0.25, 0.3) is 89.2 Å². The highest BCUT2D eigenvalue weighted by Crippen LogP contribution is 2.40. The number of hydrogen-bond donors (Lipinski definition) is 0. The Labute approximate surface area is 294 Å². The monoisotopic (exact) mass is 653 g/mol. The van der Waals surface area contributed by atoms with Crippen molar-refractivity contribution in [1.82, 2.24) is 24.1 Å². The van der Waals surface area contributed by atoms with Gasteiger partial charge in [0.25, 0.3) is 0 Å². The second-order valence-electron chi connectivity index (χ2n) is 13.0. The standard InChI is InChI=1S/C46H31N5/c1-30-27-34(25-26-35(30)46-48-44(31-15-5-2-6-16-31)47-45(49-46)32-17-7-3-8-18-32)51-41-24-14-12-22-37(41)39-28-42-38(29-43(39)51)36-21-11-13-23-40(36)50(42)33-19-9-4-10-20-33/h2-29H,1H3. The van der Waals surface area contributed by atoms with E-state index in [9.17, 15) is 0 Å². The van der Waals surface area contributed by atoms with E-state index in [4.69, 9.17) is 15.0 Å². The van der Waals surface area contributed by atoms with E-state index in [1.54, 1.807) is 0 Å². The second kappa shape index (κ2) is 11.6. The number of benzene rings is 7. The Morgan fingerprint density at radius 2 is 0.804 bits per heavy atom. The van der Waals surface area contributed by atoms with Gasteiger partial charge in [0, 0.05) is 49.6 Å². The zero-order valence-corrected chi connectivity index (χ0v) is 27.9. The SMILES string of the molecule is Cc1cc(-n2c3ccccc3c3cc4c(cc32)c2ccccc2n4-c2ccccc2)ccc1-c1nc(-c2ccccc2)nc(-c2ccccc2)n1. The lowest BCUT2D eigenvalue weighted by atomic mass is 10.1. The number of fused-ring (bicyclic) bond motifs is 6. The molecule has 10 rings (SSSR count). The average molecular weight is 654 g/mol. The molecule has 0 aliphatic rings. The lowest BCUT2D eigenvalue weighted by Gasteiger charge is -2.13. The minimum atomic E-state index is 0.656.